The zero-order valence-corrected chi connectivity index (χ0v) is 13.3. The summed E-state index contributed by atoms with van der Waals surface area (Å²) in [6.07, 6.45) is 0. The van der Waals surface area contributed by atoms with E-state index in [0.717, 1.165) is 31.2 Å². The Hall–Kier alpha value is -1.08. The zero-order valence-electron chi connectivity index (χ0n) is 10.2. The Morgan fingerprint density at radius 1 is 0.947 bits per heavy atom. The van der Waals surface area contributed by atoms with Crippen LogP contribution in [0, 0.1) is 11.8 Å². The molecule has 0 fully saturated rings. The predicted molar refractivity (Wildman–Crippen MR) is 83.7 cm³/mol. The first kappa shape index (κ1) is 12.9. The molecule has 0 saturated carbocycles. The molecule has 1 N–H and O–H groups in total. The van der Waals surface area contributed by atoms with E-state index in [-0.39, 0.29) is 0 Å². The summed E-state index contributed by atoms with van der Waals surface area (Å²) < 4.78 is 1.88. The standard InChI is InChI=1S/C16H10Br2O/c1-2-7-16(19)14-8-10(17)3-5-12(14)13-6-4-11(18)9-15(13)16/h3-6,8-9,19H,1H3. The van der Waals surface area contributed by atoms with Gasteiger partial charge in [-0.15, -0.1) is 5.92 Å². The lowest BCUT2D eigenvalue weighted by Crippen LogP contribution is -2.22. The first-order chi connectivity index (χ1) is 9.06. The Labute approximate surface area is 128 Å². The van der Waals surface area contributed by atoms with Gasteiger partial charge in [0.15, 0.2) is 5.60 Å². The molecule has 0 radical (unpaired) electrons. The molecule has 2 aromatic rings. The van der Waals surface area contributed by atoms with Crippen LogP contribution < -0.4 is 0 Å². The minimum Gasteiger partial charge on any atom is -0.369 e. The van der Waals surface area contributed by atoms with Gasteiger partial charge >= 0.3 is 0 Å². The number of hydrogen-bond donors (Lipinski definition) is 1. The van der Waals surface area contributed by atoms with Crippen molar-refractivity contribution in [2.24, 2.45) is 0 Å². The summed E-state index contributed by atoms with van der Waals surface area (Å²) in [5.41, 5.74) is 2.52. The Morgan fingerprint density at radius 2 is 1.42 bits per heavy atom. The van der Waals surface area contributed by atoms with Crippen LogP contribution in [0.2, 0.25) is 0 Å². The molecular formula is C16H10Br2O. The van der Waals surface area contributed by atoms with Gasteiger partial charge in [-0.25, -0.2) is 0 Å². The van der Waals surface area contributed by atoms with Crippen molar-refractivity contribution < 1.29 is 5.11 Å². The highest BCUT2D eigenvalue weighted by atomic mass is 79.9. The summed E-state index contributed by atoms with van der Waals surface area (Å²) in [6.45, 7) is 1.74. The van der Waals surface area contributed by atoms with Gasteiger partial charge in [-0.2, -0.15) is 0 Å². The van der Waals surface area contributed by atoms with Crippen molar-refractivity contribution in [1.29, 1.82) is 0 Å². The topological polar surface area (TPSA) is 20.2 Å². The van der Waals surface area contributed by atoms with Crippen LogP contribution in [0.5, 0.6) is 0 Å². The van der Waals surface area contributed by atoms with Crippen LogP contribution >= 0.6 is 31.9 Å². The summed E-state index contributed by atoms with van der Waals surface area (Å²) in [4.78, 5) is 0. The van der Waals surface area contributed by atoms with E-state index in [1.165, 1.54) is 0 Å². The van der Waals surface area contributed by atoms with Crippen LogP contribution in [0.3, 0.4) is 0 Å². The molecule has 3 heteroatoms. The van der Waals surface area contributed by atoms with E-state index in [0.29, 0.717) is 0 Å². The lowest BCUT2D eigenvalue weighted by molar-refractivity contribution is 0.150. The van der Waals surface area contributed by atoms with Gasteiger partial charge in [-0.05, 0) is 42.3 Å². The third-order valence-corrected chi connectivity index (χ3v) is 4.33. The molecule has 0 spiro atoms. The molecule has 0 unspecified atom stereocenters. The van der Waals surface area contributed by atoms with Crippen molar-refractivity contribution >= 4 is 31.9 Å². The van der Waals surface area contributed by atoms with Gasteiger partial charge in [-0.1, -0.05) is 49.9 Å². The number of fused-ring (bicyclic) bond motifs is 3. The van der Waals surface area contributed by atoms with E-state index >= 15 is 0 Å². The second-order valence-corrected chi connectivity index (χ2v) is 6.30. The molecule has 0 aromatic heterocycles. The van der Waals surface area contributed by atoms with Gasteiger partial charge in [0.1, 0.15) is 0 Å². The summed E-state index contributed by atoms with van der Waals surface area (Å²) in [5.74, 6) is 5.79. The monoisotopic (exact) mass is 376 g/mol. The zero-order chi connectivity index (χ0) is 13.6. The number of benzene rings is 2. The molecule has 19 heavy (non-hydrogen) atoms. The van der Waals surface area contributed by atoms with Gasteiger partial charge in [0.2, 0.25) is 0 Å². The number of halogens is 2. The molecule has 1 nitrogen and oxygen atoms in total. The van der Waals surface area contributed by atoms with Crippen molar-refractivity contribution in [3.8, 4) is 23.0 Å². The maximum absolute atomic E-state index is 11.0. The highest BCUT2D eigenvalue weighted by molar-refractivity contribution is 9.10. The average Bonchev–Trinajstić information content (AvgIpc) is 2.60. The Kier molecular flexibility index (Phi) is 3.05. The largest absolute Gasteiger partial charge is 0.369 e. The summed E-state index contributed by atoms with van der Waals surface area (Å²) in [5, 5.41) is 11.0. The first-order valence-electron chi connectivity index (χ1n) is 5.83. The minimum atomic E-state index is -1.23. The third kappa shape index (κ3) is 1.87. The van der Waals surface area contributed by atoms with Gasteiger partial charge in [0, 0.05) is 20.1 Å². The fourth-order valence-electron chi connectivity index (χ4n) is 2.56. The second-order valence-electron chi connectivity index (χ2n) is 4.47. The van der Waals surface area contributed by atoms with Crippen LogP contribution in [-0.4, -0.2) is 5.11 Å². The minimum absolute atomic E-state index is 0.837. The highest BCUT2D eigenvalue weighted by Crippen LogP contribution is 2.48. The second kappa shape index (κ2) is 4.49. The third-order valence-electron chi connectivity index (χ3n) is 3.34. The number of hydrogen-bond acceptors (Lipinski definition) is 1. The van der Waals surface area contributed by atoms with E-state index in [1.807, 2.05) is 36.4 Å². The summed E-state index contributed by atoms with van der Waals surface area (Å²) >= 11 is 6.92. The molecule has 0 amide bonds. The van der Waals surface area contributed by atoms with Crippen LogP contribution in [0.4, 0.5) is 0 Å². The molecule has 0 atom stereocenters. The van der Waals surface area contributed by atoms with Crippen molar-refractivity contribution in [3.63, 3.8) is 0 Å². The SMILES string of the molecule is CC#CC1(O)c2cc(Br)ccc2-c2ccc(Br)cc21. The van der Waals surface area contributed by atoms with Crippen LogP contribution in [0.25, 0.3) is 11.1 Å². The molecule has 0 heterocycles. The summed E-state index contributed by atoms with van der Waals surface area (Å²) in [7, 11) is 0. The fraction of sp³-hybridized carbons (Fsp3) is 0.125. The molecule has 0 saturated heterocycles. The Bertz CT molecular complexity index is 687. The lowest BCUT2D eigenvalue weighted by atomic mass is 9.92. The van der Waals surface area contributed by atoms with Gasteiger partial charge in [0.25, 0.3) is 0 Å². The van der Waals surface area contributed by atoms with Gasteiger partial charge in [-0.3, -0.25) is 0 Å². The molecule has 1 aliphatic carbocycles. The molecule has 2 aromatic carbocycles. The lowest BCUT2D eigenvalue weighted by Gasteiger charge is -2.19. The first-order valence-corrected chi connectivity index (χ1v) is 7.41. The van der Waals surface area contributed by atoms with Crippen LogP contribution in [0.1, 0.15) is 18.1 Å². The quantitative estimate of drug-likeness (QED) is 0.672. The van der Waals surface area contributed by atoms with E-state index in [2.05, 4.69) is 43.7 Å². The van der Waals surface area contributed by atoms with Crippen molar-refractivity contribution in [2.45, 2.75) is 12.5 Å². The van der Waals surface area contributed by atoms with Gasteiger partial charge < -0.3 is 5.11 Å². The average molecular weight is 378 g/mol. The Morgan fingerprint density at radius 3 is 1.84 bits per heavy atom. The van der Waals surface area contributed by atoms with E-state index < -0.39 is 5.60 Å². The van der Waals surface area contributed by atoms with E-state index in [9.17, 15) is 5.11 Å². The maximum atomic E-state index is 11.0. The molecular weight excluding hydrogens is 368 g/mol. The van der Waals surface area contributed by atoms with Crippen molar-refractivity contribution in [2.75, 3.05) is 0 Å². The number of aliphatic hydroxyl groups is 1. The molecule has 1 aliphatic rings. The molecule has 0 aliphatic heterocycles. The Balaban J connectivity index is 2.41. The van der Waals surface area contributed by atoms with Crippen molar-refractivity contribution in [3.05, 3.63) is 56.5 Å². The van der Waals surface area contributed by atoms with E-state index in [4.69, 9.17) is 0 Å². The number of rotatable bonds is 0. The highest BCUT2D eigenvalue weighted by Gasteiger charge is 2.40. The maximum Gasteiger partial charge on any atom is 0.178 e. The predicted octanol–water partition coefficient (Wildman–Crippen LogP) is 4.45. The van der Waals surface area contributed by atoms with Crippen LogP contribution in [0.15, 0.2) is 45.3 Å². The van der Waals surface area contributed by atoms with Crippen LogP contribution in [-0.2, 0) is 5.60 Å². The smallest absolute Gasteiger partial charge is 0.178 e. The molecule has 94 valence electrons. The van der Waals surface area contributed by atoms with E-state index in [1.54, 1.807) is 6.92 Å². The normalized spacial score (nSPS) is 14.3. The summed E-state index contributed by atoms with van der Waals surface area (Å²) in [6, 6.07) is 11.9. The molecule has 0 bridgehead atoms. The fourth-order valence-corrected chi connectivity index (χ4v) is 3.28. The van der Waals surface area contributed by atoms with Crippen molar-refractivity contribution in [1.82, 2.24) is 0 Å². The van der Waals surface area contributed by atoms with Gasteiger partial charge in [0.05, 0.1) is 0 Å². The molecule has 3 rings (SSSR count).